The lowest BCUT2D eigenvalue weighted by Gasteiger charge is -2.31. The topological polar surface area (TPSA) is 35.2 Å². The summed E-state index contributed by atoms with van der Waals surface area (Å²) in [5.41, 5.74) is 7.77. The van der Waals surface area contributed by atoms with Crippen molar-refractivity contribution in [2.45, 2.75) is 31.8 Å². The predicted octanol–water partition coefficient (Wildman–Crippen LogP) is 2.54. The summed E-state index contributed by atoms with van der Waals surface area (Å²) in [5.74, 6) is 1.44. The van der Waals surface area contributed by atoms with Crippen LogP contribution >= 0.6 is 0 Å². The fourth-order valence-electron chi connectivity index (χ4n) is 3.60. The maximum Gasteiger partial charge on any atom is 0.0618 e. The van der Waals surface area contributed by atoms with Crippen LogP contribution in [0.3, 0.4) is 0 Å². The Balaban J connectivity index is 1.79. The van der Waals surface area contributed by atoms with Crippen LogP contribution in [0.2, 0.25) is 0 Å². The zero-order chi connectivity index (χ0) is 11.9. The van der Waals surface area contributed by atoms with Crippen molar-refractivity contribution in [2.24, 2.45) is 17.1 Å². The first-order valence-electron chi connectivity index (χ1n) is 6.64. The molecule has 1 aliphatic heterocycles. The third-order valence-corrected chi connectivity index (χ3v) is 4.88. The van der Waals surface area contributed by atoms with Crippen molar-refractivity contribution in [3.05, 3.63) is 35.9 Å². The van der Waals surface area contributed by atoms with Gasteiger partial charge >= 0.3 is 0 Å². The normalized spacial score (nSPS) is 40.5. The highest BCUT2D eigenvalue weighted by Crippen LogP contribution is 2.61. The monoisotopic (exact) mass is 231 g/mol. The van der Waals surface area contributed by atoms with Crippen molar-refractivity contribution in [1.82, 2.24) is 0 Å². The Morgan fingerprint density at radius 3 is 2.71 bits per heavy atom. The summed E-state index contributed by atoms with van der Waals surface area (Å²) in [4.78, 5) is 0. The van der Waals surface area contributed by atoms with E-state index in [2.05, 4.69) is 37.3 Å². The van der Waals surface area contributed by atoms with Gasteiger partial charge in [0.2, 0.25) is 0 Å². The van der Waals surface area contributed by atoms with Crippen LogP contribution in [0, 0.1) is 11.3 Å². The molecular formula is C15H21NO. The third kappa shape index (κ3) is 1.71. The van der Waals surface area contributed by atoms with Crippen LogP contribution in [-0.2, 0) is 4.74 Å². The van der Waals surface area contributed by atoms with Crippen molar-refractivity contribution in [3.8, 4) is 0 Å². The van der Waals surface area contributed by atoms with Gasteiger partial charge in [-0.05, 0) is 37.2 Å². The van der Waals surface area contributed by atoms with Crippen LogP contribution in [-0.4, -0.2) is 19.3 Å². The molecular weight excluding hydrogens is 210 g/mol. The molecule has 2 fully saturated rings. The van der Waals surface area contributed by atoms with Crippen LogP contribution in [0.5, 0.6) is 0 Å². The smallest absolute Gasteiger partial charge is 0.0618 e. The van der Waals surface area contributed by atoms with E-state index < -0.39 is 0 Å². The first kappa shape index (κ1) is 11.2. The van der Waals surface area contributed by atoms with Gasteiger partial charge < -0.3 is 10.5 Å². The maximum atomic E-state index is 6.06. The predicted molar refractivity (Wildman–Crippen MR) is 68.8 cm³/mol. The quantitative estimate of drug-likeness (QED) is 0.867. The van der Waals surface area contributed by atoms with E-state index >= 15 is 0 Å². The summed E-state index contributed by atoms with van der Waals surface area (Å²) in [7, 11) is 0. The molecule has 2 N–H and O–H groups in total. The average Bonchev–Trinajstić information content (AvgIpc) is 3.09. The molecule has 1 saturated heterocycles. The minimum atomic E-state index is 0.237. The molecule has 0 radical (unpaired) electrons. The van der Waals surface area contributed by atoms with Crippen LogP contribution < -0.4 is 5.73 Å². The molecule has 0 aromatic heterocycles. The summed E-state index contributed by atoms with van der Waals surface area (Å²) in [6.07, 6.45) is 2.75. The van der Waals surface area contributed by atoms with E-state index in [-0.39, 0.29) is 5.41 Å². The van der Waals surface area contributed by atoms with Crippen molar-refractivity contribution >= 4 is 0 Å². The highest BCUT2D eigenvalue weighted by molar-refractivity contribution is 5.28. The molecule has 92 valence electrons. The van der Waals surface area contributed by atoms with E-state index in [0.29, 0.717) is 12.0 Å². The van der Waals surface area contributed by atoms with E-state index in [1.165, 1.54) is 12.0 Å². The number of ether oxygens (including phenoxy) is 1. The lowest BCUT2D eigenvalue weighted by atomic mass is 9.75. The number of benzene rings is 1. The fourth-order valence-corrected chi connectivity index (χ4v) is 3.60. The molecule has 1 aromatic carbocycles. The van der Waals surface area contributed by atoms with Crippen LogP contribution in [0.4, 0.5) is 0 Å². The first-order chi connectivity index (χ1) is 8.28. The second kappa shape index (κ2) is 4.11. The second-order valence-corrected chi connectivity index (χ2v) is 5.56. The van der Waals surface area contributed by atoms with Gasteiger partial charge in [-0.1, -0.05) is 30.3 Å². The molecule has 2 aliphatic rings. The maximum absolute atomic E-state index is 6.06. The highest BCUT2D eigenvalue weighted by Gasteiger charge is 2.56. The zero-order valence-corrected chi connectivity index (χ0v) is 10.4. The third-order valence-electron chi connectivity index (χ3n) is 4.88. The Hall–Kier alpha value is -0.860. The van der Waals surface area contributed by atoms with Gasteiger partial charge in [-0.2, -0.15) is 0 Å². The van der Waals surface area contributed by atoms with Gasteiger partial charge in [-0.25, -0.2) is 0 Å². The van der Waals surface area contributed by atoms with Gasteiger partial charge in [0.05, 0.1) is 6.10 Å². The van der Waals surface area contributed by atoms with Crippen molar-refractivity contribution < 1.29 is 4.74 Å². The Labute approximate surface area is 103 Å². The summed E-state index contributed by atoms with van der Waals surface area (Å²) >= 11 is 0. The lowest BCUT2D eigenvalue weighted by Crippen LogP contribution is -2.39. The molecule has 1 heterocycles. The summed E-state index contributed by atoms with van der Waals surface area (Å²) in [5, 5.41) is 0. The molecule has 2 heteroatoms. The molecule has 0 spiro atoms. The van der Waals surface area contributed by atoms with Gasteiger partial charge in [-0.3, -0.25) is 0 Å². The van der Waals surface area contributed by atoms with Crippen molar-refractivity contribution in [3.63, 3.8) is 0 Å². The standard InChI is InChI=1S/C15H21NO/c1-11-15(10-16,7-8-17-11)14-9-13(14)12-5-3-2-4-6-12/h2-6,11,13-14H,7-10,16H2,1H3. The number of hydrogen-bond donors (Lipinski definition) is 1. The fraction of sp³-hybridized carbons (Fsp3) is 0.600. The lowest BCUT2D eigenvalue weighted by molar-refractivity contribution is 0.0550. The van der Waals surface area contributed by atoms with Crippen molar-refractivity contribution in [1.29, 1.82) is 0 Å². The number of rotatable bonds is 3. The molecule has 1 aliphatic carbocycles. The Morgan fingerprint density at radius 2 is 2.12 bits per heavy atom. The second-order valence-electron chi connectivity index (χ2n) is 5.56. The number of nitrogens with two attached hydrogens (primary N) is 1. The summed E-state index contributed by atoms with van der Waals surface area (Å²) in [6, 6.07) is 10.8. The molecule has 0 amide bonds. The van der Waals surface area contributed by atoms with E-state index in [1.54, 1.807) is 0 Å². The minimum Gasteiger partial charge on any atom is -0.378 e. The van der Waals surface area contributed by atoms with E-state index in [0.717, 1.165) is 25.5 Å². The van der Waals surface area contributed by atoms with Crippen LogP contribution in [0.15, 0.2) is 30.3 Å². The Bertz CT molecular complexity index is 391. The minimum absolute atomic E-state index is 0.237. The van der Waals surface area contributed by atoms with Gasteiger partial charge in [0.25, 0.3) is 0 Å². The van der Waals surface area contributed by atoms with Crippen LogP contribution in [0.25, 0.3) is 0 Å². The molecule has 17 heavy (non-hydrogen) atoms. The largest absolute Gasteiger partial charge is 0.378 e. The Morgan fingerprint density at radius 1 is 1.35 bits per heavy atom. The van der Waals surface area contributed by atoms with E-state index in [4.69, 9.17) is 10.5 Å². The van der Waals surface area contributed by atoms with Crippen LogP contribution in [0.1, 0.15) is 31.2 Å². The zero-order valence-electron chi connectivity index (χ0n) is 10.4. The molecule has 0 bridgehead atoms. The molecule has 4 unspecified atom stereocenters. The molecule has 1 saturated carbocycles. The average molecular weight is 231 g/mol. The molecule has 4 atom stereocenters. The van der Waals surface area contributed by atoms with Crippen molar-refractivity contribution in [2.75, 3.05) is 13.2 Å². The van der Waals surface area contributed by atoms with Gasteiger partial charge in [0.1, 0.15) is 0 Å². The number of hydrogen-bond acceptors (Lipinski definition) is 2. The van der Waals surface area contributed by atoms with Gasteiger partial charge in [-0.15, -0.1) is 0 Å². The molecule has 3 rings (SSSR count). The SMILES string of the molecule is CC1OCCC1(CN)C1CC1c1ccccc1. The van der Waals surface area contributed by atoms with Gasteiger partial charge in [0, 0.05) is 18.6 Å². The van der Waals surface area contributed by atoms with E-state index in [9.17, 15) is 0 Å². The highest BCUT2D eigenvalue weighted by atomic mass is 16.5. The summed E-state index contributed by atoms with van der Waals surface area (Å²) < 4.78 is 5.77. The molecule has 1 aromatic rings. The summed E-state index contributed by atoms with van der Waals surface area (Å²) in [6.45, 7) is 3.85. The first-order valence-corrected chi connectivity index (χ1v) is 6.64. The van der Waals surface area contributed by atoms with Gasteiger partial charge in [0.15, 0.2) is 0 Å². The van der Waals surface area contributed by atoms with E-state index in [1.807, 2.05) is 0 Å². The Kier molecular flexibility index (Phi) is 2.72. The molecule has 2 nitrogen and oxygen atoms in total.